The molecule has 1 amide bonds. The molecule has 94 valence electrons. The Morgan fingerprint density at radius 2 is 2.11 bits per heavy atom. The molecule has 0 spiro atoms. The fourth-order valence-electron chi connectivity index (χ4n) is 1.71. The molecule has 0 fully saturated rings. The number of benzene rings is 1. The molecule has 3 aromatic rings. The number of rotatable bonds is 2. The maximum absolute atomic E-state index is 12.1. The van der Waals surface area contributed by atoms with Gasteiger partial charge in [0.1, 0.15) is 17.3 Å². The Labute approximate surface area is 112 Å². The van der Waals surface area contributed by atoms with Crippen LogP contribution in [-0.4, -0.2) is 26.1 Å². The number of hydrogen-bond donors (Lipinski definition) is 2. The van der Waals surface area contributed by atoms with Gasteiger partial charge in [0.05, 0.1) is 5.52 Å². The number of hydrogen-bond acceptors (Lipinski definition) is 4. The predicted octanol–water partition coefficient (Wildman–Crippen LogP) is 2.26. The summed E-state index contributed by atoms with van der Waals surface area (Å²) in [5.74, 6) is -0.0238. The van der Waals surface area contributed by atoms with Crippen LogP contribution in [0.2, 0.25) is 5.15 Å². The third kappa shape index (κ3) is 2.25. The molecule has 2 heterocycles. The topological polar surface area (TPSA) is 83.6 Å². The molecular weight excluding hydrogens is 266 g/mol. The average molecular weight is 274 g/mol. The van der Waals surface area contributed by atoms with Crippen LogP contribution < -0.4 is 5.32 Å². The Morgan fingerprint density at radius 3 is 2.95 bits per heavy atom. The van der Waals surface area contributed by atoms with E-state index in [9.17, 15) is 4.79 Å². The number of nitrogens with zero attached hydrogens (tertiary/aromatic N) is 3. The van der Waals surface area contributed by atoms with Crippen LogP contribution in [0.1, 0.15) is 10.5 Å². The minimum atomic E-state index is -0.354. The fourth-order valence-corrected chi connectivity index (χ4v) is 1.86. The first kappa shape index (κ1) is 11.6. The van der Waals surface area contributed by atoms with Gasteiger partial charge in [-0.25, -0.2) is 9.97 Å². The number of amides is 1. The minimum absolute atomic E-state index is 0.261. The molecule has 1 aromatic carbocycles. The summed E-state index contributed by atoms with van der Waals surface area (Å²) in [6.07, 6.45) is 1.28. The summed E-state index contributed by atoms with van der Waals surface area (Å²) >= 11 is 5.72. The smallest absolute Gasteiger partial charge is 0.277 e. The first-order valence-corrected chi connectivity index (χ1v) is 5.84. The third-order valence-electron chi connectivity index (χ3n) is 2.56. The monoisotopic (exact) mass is 273 g/mol. The van der Waals surface area contributed by atoms with E-state index in [2.05, 4.69) is 25.5 Å². The first-order chi connectivity index (χ1) is 9.24. The van der Waals surface area contributed by atoms with Gasteiger partial charge < -0.3 is 5.32 Å². The second-order valence-electron chi connectivity index (χ2n) is 3.80. The van der Waals surface area contributed by atoms with Crippen LogP contribution in [0.3, 0.4) is 0 Å². The standard InChI is InChI=1S/C12H8ClN5O/c13-9-5-10(15-6-14-9)16-12(19)11-7-3-1-2-4-8(7)17-18-11/h1-6H,(H,17,18)(H,14,15,16,19). The van der Waals surface area contributed by atoms with Crippen LogP contribution in [0.4, 0.5) is 5.82 Å². The van der Waals surface area contributed by atoms with Crippen molar-refractivity contribution in [3.63, 3.8) is 0 Å². The Kier molecular flexibility index (Phi) is 2.85. The number of fused-ring (bicyclic) bond motifs is 1. The van der Waals surface area contributed by atoms with Crippen molar-refractivity contribution in [2.24, 2.45) is 0 Å². The SMILES string of the molecule is O=C(Nc1cc(Cl)ncn1)c1n[nH]c2ccccc12. The Hall–Kier alpha value is -2.47. The zero-order chi connectivity index (χ0) is 13.2. The number of carbonyl (C=O) groups excluding carboxylic acids is 1. The number of aromatic nitrogens is 4. The normalized spacial score (nSPS) is 10.6. The van der Waals surface area contributed by atoms with Crippen LogP contribution in [0, 0.1) is 0 Å². The number of aromatic amines is 1. The third-order valence-corrected chi connectivity index (χ3v) is 2.77. The van der Waals surface area contributed by atoms with E-state index in [1.165, 1.54) is 12.4 Å². The van der Waals surface area contributed by atoms with E-state index in [1.807, 2.05) is 24.3 Å². The van der Waals surface area contributed by atoms with Gasteiger partial charge in [0, 0.05) is 11.5 Å². The number of H-pyrrole nitrogens is 1. The van der Waals surface area contributed by atoms with E-state index in [-0.39, 0.29) is 11.1 Å². The number of para-hydroxylation sites is 1. The molecule has 0 aliphatic rings. The molecule has 0 atom stereocenters. The maximum Gasteiger partial charge on any atom is 0.277 e. The molecule has 2 N–H and O–H groups in total. The molecule has 6 nitrogen and oxygen atoms in total. The second-order valence-corrected chi connectivity index (χ2v) is 4.19. The fraction of sp³-hybridized carbons (Fsp3) is 0. The van der Waals surface area contributed by atoms with Crippen LogP contribution in [0.25, 0.3) is 10.9 Å². The molecule has 0 saturated heterocycles. The van der Waals surface area contributed by atoms with Crippen LogP contribution in [0.15, 0.2) is 36.7 Å². The van der Waals surface area contributed by atoms with Gasteiger partial charge in [0.2, 0.25) is 0 Å². The van der Waals surface area contributed by atoms with E-state index < -0.39 is 0 Å². The van der Waals surface area contributed by atoms with Crippen molar-refractivity contribution in [1.29, 1.82) is 0 Å². The van der Waals surface area contributed by atoms with Crippen molar-refractivity contribution in [3.05, 3.63) is 47.5 Å². The highest BCUT2D eigenvalue weighted by molar-refractivity contribution is 6.29. The van der Waals surface area contributed by atoms with Gasteiger partial charge >= 0.3 is 0 Å². The van der Waals surface area contributed by atoms with Crippen molar-refractivity contribution >= 4 is 34.2 Å². The highest BCUT2D eigenvalue weighted by Gasteiger charge is 2.14. The highest BCUT2D eigenvalue weighted by Crippen LogP contribution is 2.16. The number of halogens is 1. The lowest BCUT2D eigenvalue weighted by Gasteiger charge is -2.02. The summed E-state index contributed by atoms with van der Waals surface area (Å²) in [6, 6.07) is 8.85. The van der Waals surface area contributed by atoms with Gasteiger partial charge in [-0.15, -0.1) is 0 Å². The number of carbonyl (C=O) groups is 1. The van der Waals surface area contributed by atoms with Crippen LogP contribution in [-0.2, 0) is 0 Å². The molecule has 0 bridgehead atoms. The Bertz CT molecular complexity index is 754. The van der Waals surface area contributed by atoms with Crippen LogP contribution >= 0.6 is 11.6 Å². The van der Waals surface area contributed by atoms with Gasteiger partial charge in [0.15, 0.2) is 5.69 Å². The molecule has 0 aliphatic heterocycles. The molecule has 3 rings (SSSR count). The van der Waals surface area contributed by atoms with Gasteiger partial charge in [-0.1, -0.05) is 29.8 Å². The van der Waals surface area contributed by atoms with Gasteiger partial charge in [-0.3, -0.25) is 9.89 Å². The lowest BCUT2D eigenvalue weighted by atomic mass is 10.2. The molecule has 19 heavy (non-hydrogen) atoms. The van der Waals surface area contributed by atoms with Crippen molar-refractivity contribution in [2.45, 2.75) is 0 Å². The molecular formula is C12H8ClN5O. The summed E-state index contributed by atoms with van der Waals surface area (Å²) < 4.78 is 0. The van der Waals surface area contributed by atoms with E-state index in [4.69, 9.17) is 11.6 Å². The molecule has 0 saturated carbocycles. The van der Waals surface area contributed by atoms with E-state index >= 15 is 0 Å². The zero-order valence-corrected chi connectivity index (χ0v) is 10.3. The minimum Gasteiger partial charge on any atom is -0.305 e. The predicted molar refractivity (Wildman–Crippen MR) is 71.1 cm³/mol. The van der Waals surface area contributed by atoms with Crippen molar-refractivity contribution in [1.82, 2.24) is 20.2 Å². The lowest BCUT2D eigenvalue weighted by Crippen LogP contribution is -2.13. The van der Waals surface area contributed by atoms with E-state index in [0.29, 0.717) is 11.5 Å². The molecule has 0 aliphatic carbocycles. The van der Waals surface area contributed by atoms with Gasteiger partial charge in [-0.2, -0.15) is 5.10 Å². The molecule has 2 aromatic heterocycles. The van der Waals surface area contributed by atoms with E-state index in [1.54, 1.807) is 0 Å². The summed E-state index contributed by atoms with van der Waals surface area (Å²) in [6.45, 7) is 0. The average Bonchev–Trinajstić information content (AvgIpc) is 2.82. The van der Waals surface area contributed by atoms with Crippen LogP contribution in [0.5, 0.6) is 0 Å². The Balaban J connectivity index is 1.92. The maximum atomic E-state index is 12.1. The highest BCUT2D eigenvalue weighted by atomic mass is 35.5. The quantitative estimate of drug-likeness (QED) is 0.702. The summed E-state index contributed by atoms with van der Waals surface area (Å²) in [7, 11) is 0. The van der Waals surface area contributed by atoms with Gasteiger partial charge in [-0.05, 0) is 6.07 Å². The molecule has 0 radical (unpaired) electrons. The summed E-state index contributed by atoms with van der Waals surface area (Å²) in [4.78, 5) is 19.7. The Morgan fingerprint density at radius 1 is 1.26 bits per heavy atom. The van der Waals surface area contributed by atoms with Crippen molar-refractivity contribution in [2.75, 3.05) is 5.32 Å². The van der Waals surface area contributed by atoms with Crippen molar-refractivity contribution in [3.8, 4) is 0 Å². The first-order valence-electron chi connectivity index (χ1n) is 5.46. The van der Waals surface area contributed by atoms with E-state index in [0.717, 1.165) is 10.9 Å². The second kappa shape index (κ2) is 4.66. The zero-order valence-electron chi connectivity index (χ0n) is 9.59. The molecule has 7 heteroatoms. The number of nitrogens with one attached hydrogen (secondary N) is 2. The molecule has 0 unspecified atom stereocenters. The summed E-state index contributed by atoms with van der Waals surface area (Å²) in [5.41, 5.74) is 1.11. The van der Waals surface area contributed by atoms with Crippen molar-refractivity contribution < 1.29 is 4.79 Å². The largest absolute Gasteiger partial charge is 0.305 e. The van der Waals surface area contributed by atoms with Gasteiger partial charge in [0.25, 0.3) is 5.91 Å². The number of anilines is 1. The lowest BCUT2D eigenvalue weighted by molar-refractivity contribution is 0.102. The summed E-state index contributed by atoms with van der Waals surface area (Å²) in [5, 5.41) is 10.4.